The first-order chi connectivity index (χ1) is 72.0. The van der Waals surface area contributed by atoms with Crippen LogP contribution in [-0.2, 0) is 109 Å². The number of epoxide rings is 7. The van der Waals surface area contributed by atoms with Crippen molar-refractivity contribution in [2.75, 3.05) is 26.4 Å². The molecule has 23 heteroatoms. The van der Waals surface area contributed by atoms with Crippen LogP contribution in [-0.4, -0.2) is 184 Å². The lowest BCUT2D eigenvalue weighted by Gasteiger charge is -2.27. The quantitative estimate of drug-likeness (QED) is 0.0236. The van der Waals surface area contributed by atoms with Crippen molar-refractivity contribution in [3.63, 3.8) is 0 Å². The Morgan fingerprint density at radius 2 is 0.340 bits per heavy atom. The summed E-state index contributed by atoms with van der Waals surface area (Å²) in [6.07, 6.45) is 91.3. The molecule has 0 radical (unpaired) electrons. The second-order valence-electron chi connectivity index (χ2n) is 45.2. The summed E-state index contributed by atoms with van der Waals surface area (Å²) in [6, 6.07) is 0. The van der Waals surface area contributed by atoms with Crippen molar-refractivity contribution in [3.05, 3.63) is 0 Å². The number of hydrogen-bond donors (Lipinski definition) is 0. The van der Waals surface area contributed by atoms with E-state index in [1.54, 1.807) is 0 Å². The second-order valence-corrected chi connectivity index (χ2v) is 45.2. The molecule has 7 aliphatic heterocycles. The standard InChI is InChI=1S/C68H122O13.C56H100O10/c1-6-11-16-18-23-33-42-56-58(77-56)44-35-25-20-28-38-47-64(69)74-53-55(76-66(71)51-40-30-22-26-36-45-59-57(78-59)43-34-24-19-17-12-7-2)54-75-65(70)48-39-29-21-27-37-46-61(80-67(72)49-31-13-8-3)63(81-68(73)50-32-14-9-4)52-62-60(79-62)41-15-10-5;1-4-7-10-12-17-25-34-46-48(63-46)36-27-19-14-22-30-39-54(57)60-43-45(62-56(59)41-32-24-16-20-28-37-49-47(64-49)35-26-18-13-11-8-5-2)44-61-55(58)40-31-23-15-21-29-38-51-53(66-51)42-52-50(65-52)33-9-6-3/h55-63H,6-54H2,1-5H3;45-53H,4-44H2,1-3H3. The number of unbranched alkanes of at least 4 members (excludes halogenated alkanes) is 50. The number of carbonyl (C=O) groups excluding carboxylic acids is 8. The molecule has 7 heterocycles. The molecule has 7 saturated heterocycles. The Hall–Kier alpha value is -4.52. The molecule has 0 aromatic rings. The van der Waals surface area contributed by atoms with Crippen molar-refractivity contribution < 1.29 is 109 Å². The monoisotopic (exact) mass is 2080 g/mol. The molecular weight excluding hydrogens is 1860 g/mol. The van der Waals surface area contributed by atoms with Crippen molar-refractivity contribution in [3.8, 4) is 0 Å². The Morgan fingerprint density at radius 1 is 0.170 bits per heavy atom. The minimum absolute atomic E-state index is 0.00462. The van der Waals surface area contributed by atoms with Crippen LogP contribution in [0, 0.1) is 0 Å². The molecule has 7 fully saturated rings. The molecule has 856 valence electrons. The molecule has 0 saturated carbocycles. The SMILES string of the molecule is CCCCCCCCC1OC1CCCCCCCC(=O)OCC(COC(=O)CCCCCCCC(OC(=O)CCCCC)C(CC1OC1CCCC)OC(=O)CCCCC)OC(=O)CCCCCCCC1OC1CCCCCCCC.CCCCCCCCC1OC1CCCCCCCC(=O)OCC(COC(=O)CCCCCCCC1OC1CC1OC1CCCC)OC(=O)CCCCCCCC1OC1CCCCCCCC. The summed E-state index contributed by atoms with van der Waals surface area (Å²) in [5, 5.41) is 0. The van der Waals surface area contributed by atoms with E-state index in [1.807, 2.05) is 0 Å². The molecule has 18 atom stereocenters. The number of esters is 8. The molecule has 0 amide bonds. The van der Waals surface area contributed by atoms with Gasteiger partial charge in [-0.25, -0.2) is 0 Å². The first-order valence-corrected chi connectivity index (χ1v) is 63.0. The Labute approximate surface area is 896 Å². The lowest BCUT2D eigenvalue weighted by Crippen LogP contribution is -2.36. The van der Waals surface area contributed by atoms with Gasteiger partial charge in [-0.1, -0.05) is 409 Å². The molecule has 0 aromatic heterocycles. The maximum atomic E-state index is 13.1. The predicted molar refractivity (Wildman–Crippen MR) is 586 cm³/mol. The number of hydrogen-bond acceptors (Lipinski definition) is 23. The van der Waals surface area contributed by atoms with Crippen molar-refractivity contribution in [2.45, 2.75) is 717 Å². The van der Waals surface area contributed by atoms with Crippen LogP contribution in [0.2, 0.25) is 0 Å². The maximum Gasteiger partial charge on any atom is 0.306 e. The van der Waals surface area contributed by atoms with Gasteiger partial charge in [-0.15, -0.1) is 0 Å². The van der Waals surface area contributed by atoms with Crippen LogP contribution in [0.5, 0.6) is 0 Å². The Morgan fingerprint density at radius 3 is 0.599 bits per heavy atom. The van der Waals surface area contributed by atoms with Gasteiger partial charge in [-0.2, -0.15) is 0 Å². The molecule has 0 aromatic carbocycles. The van der Waals surface area contributed by atoms with Gasteiger partial charge >= 0.3 is 47.8 Å². The van der Waals surface area contributed by atoms with E-state index in [0.29, 0.717) is 137 Å². The van der Waals surface area contributed by atoms with E-state index in [1.165, 1.54) is 212 Å². The Kier molecular flexibility index (Phi) is 78.2. The van der Waals surface area contributed by atoms with Gasteiger partial charge in [0.15, 0.2) is 12.2 Å². The van der Waals surface area contributed by atoms with Gasteiger partial charge in [0.2, 0.25) is 0 Å². The largest absolute Gasteiger partial charge is 0.462 e. The average molecular weight is 2080 g/mol. The van der Waals surface area contributed by atoms with Gasteiger partial charge in [0.25, 0.3) is 0 Å². The van der Waals surface area contributed by atoms with Gasteiger partial charge in [0.1, 0.15) is 38.6 Å². The molecule has 147 heavy (non-hydrogen) atoms. The van der Waals surface area contributed by atoms with Crippen LogP contribution in [0.3, 0.4) is 0 Å². The highest BCUT2D eigenvalue weighted by molar-refractivity contribution is 5.73. The first-order valence-electron chi connectivity index (χ1n) is 63.0. The van der Waals surface area contributed by atoms with Crippen molar-refractivity contribution in [1.29, 1.82) is 0 Å². The zero-order chi connectivity index (χ0) is 105. The number of carbonyl (C=O) groups is 8. The molecule has 18 unspecified atom stereocenters. The molecule has 0 spiro atoms. The minimum Gasteiger partial charge on any atom is -0.462 e. The van der Waals surface area contributed by atoms with E-state index >= 15 is 0 Å². The molecule has 7 aliphatic rings. The maximum absolute atomic E-state index is 13.1. The summed E-state index contributed by atoms with van der Waals surface area (Å²) in [7, 11) is 0. The van der Waals surface area contributed by atoms with E-state index in [4.69, 9.17) is 71.1 Å². The van der Waals surface area contributed by atoms with Gasteiger partial charge in [0, 0.05) is 64.2 Å². The van der Waals surface area contributed by atoms with Crippen LogP contribution in [0.1, 0.15) is 608 Å². The van der Waals surface area contributed by atoms with E-state index in [9.17, 15) is 38.4 Å². The Bertz CT molecular complexity index is 3250. The summed E-state index contributed by atoms with van der Waals surface area (Å²) in [5.74, 6) is -2.51. The summed E-state index contributed by atoms with van der Waals surface area (Å²) in [6.45, 7) is 17.1. The van der Waals surface area contributed by atoms with Gasteiger partial charge in [0.05, 0.1) is 85.5 Å². The molecular formula is C124H222O23. The summed E-state index contributed by atoms with van der Waals surface area (Å²) in [5.41, 5.74) is 0. The fourth-order valence-corrected chi connectivity index (χ4v) is 21.2. The van der Waals surface area contributed by atoms with E-state index in [0.717, 1.165) is 263 Å². The van der Waals surface area contributed by atoms with Gasteiger partial charge in [-0.3, -0.25) is 38.4 Å². The highest BCUT2D eigenvalue weighted by Crippen LogP contribution is 2.41. The fraction of sp³-hybridized carbons (Fsp3) is 0.935. The zero-order valence-corrected chi connectivity index (χ0v) is 95.4. The van der Waals surface area contributed by atoms with Crippen LogP contribution in [0.4, 0.5) is 0 Å². The average Bonchev–Trinajstić information content (AvgIpc) is 1.64. The van der Waals surface area contributed by atoms with Crippen LogP contribution >= 0.6 is 0 Å². The highest BCUT2D eigenvalue weighted by atomic mass is 16.6. The van der Waals surface area contributed by atoms with Gasteiger partial charge < -0.3 is 71.1 Å². The van der Waals surface area contributed by atoms with Crippen LogP contribution in [0.15, 0.2) is 0 Å². The predicted octanol–water partition coefficient (Wildman–Crippen LogP) is 31.9. The van der Waals surface area contributed by atoms with Crippen LogP contribution in [0.25, 0.3) is 0 Å². The fourth-order valence-electron chi connectivity index (χ4n) is 21.2. The molecule has 0 bridgehead atoms. The van der Waals surface area contributed by atoms with Crippen molar-refractivity contribution >= 4 is 47.8 Å². The third-order valence-corrected chi connectivity index (χ3v) is 31.3. The van der Waals surface area contributed by atoms with E-state index in [2.05, 4.69) is 55.4 Å². The molecule has 7 rings (SSSR count). The van der Waals surface area contributed by atoms with Gasteiger partial charge in [-0.05, 0) is 135 Å². The number of rotatable bonds is 107. The van der Waals surface area contributed by atoms with E-state index in [-0.39, 0.29) is 99.2 Å². The lowest BCUT2D eigenvalue weighted by atomic mass is 9.99. The second kappa shape index (κ2) is 87.6. The van der Waals surface area contributed by atoms with Crippen LogP contribution < -0.4 is 0 Å². The normalized spacial score (nSPS) is 21.9. The third-order valence-electron chi connectivity index (χ3n) is 31.3. The smallest absolute Gasteiger partial charge is 0.306 e. The highest BCUT2D eigenvalue weighted by Gasteiger charge is 2.48. The number of ether oxygens (including phenoxy) is 15. The minimum atomic E-state index is -0.871. The molecule has 0 aliphatic carbocycles. The van der Waals surface area contributed by atoms with Crippen molar-refractivity contribution in [2.24, 2.45) is 0 Å². The summed E-state index contributed by atoms with van der Waals surface area (Å²) in [4.78, 5) is 103. The summed E-state index contributed by atoms with van der Waals surface area (Å²) < 4.78 is 87.5. The zero-order valence-electron chi connectivity index (χ0n) is 95.4. The van der Waals surface area contributed by atoms with E-state index < -0.39 is 24.4 Å². The molecule has 23 nitrogen and oxygen atoms in total. The lowest BCUT2D eigenvalue weighted by molar-refractivity contribution is -0.170. The Balaban J connectivity index is 0.000000458. The first kappa shape index (κ1) is 131. The summed E-state index contributed by atoms with van der Waals surface area (Å²) >= 11 is 0. The topological polar surface area (TPSA) is 298 Å². The third kappa shape index (κ3) is 72.0. The van der Waals surface area contributed by atoms with Crippen molar-refractivity contribution in [1.82, 2.24) is 0 Å². The molecule has 0 N–H and O–H groups in total.